The molecule has 0 fully saturated rings. The van der Waals surface area contributed by atoms with E-state index < -0.39 is 0 Å². The van der Waals surface area contributed by atoms with Crippen LogP contribution < -0.4 is 15.4 Å². The summed E-state index contributed by atoms with van der Waals surface area (Å²) < 4.78 is 10.6. The van der Waals surface area contributed by atoms with E-state index in [1.165, 1.54) is 11.1 Å². The van der Waals surface area contributed by atoms with Crippen molar-refractivity contribution >= 4 is 5.96 Å². The predicted molar refractivity (Wildman–Crippen MR) is 116 cm³/mol. The zero-order valence-electron chi connectivity index (χ0n) is 17.3. The molecule has 2 rings (SSSR count). The number of guanidine groups is 1. The summed E-state index contributed by atoms with van der Waals surface area (Å²) in [6, 6.07) is 16.5. The molecule has 2 N–H and O–H groups in total. The number of aliphatic imine (C=N–C) groups is 1. The van der Waals surface area contributed by atoms with Crippen molar-refractivity contribution in [1.82, 2.24) is 10.6 Å². The molecule has 28 heavy (non-hydrogen) atoms. The molecular formula is C23H33N3O2. The number of nitrogens with zero attached hydrogens (tertiary/aromatic N) is 1. The average Bonchev–Trinajstić information content (AvgIpc) is 2.73. The maximum absolute atomic E-state index is 5.41. The lowest BCUT2D eigenvalue weighted by atomic mass is 10.1. The van der Waals surface area contributed by atoms with Crippen molar-refractivity contribution in [3.8, 4) is 5.75 Å². The molecule has 0 aliphatic carbocycles. The van der Waals surface area contributed by atoms with E-state index in [1.807, 2.05) is 31.2 Å². The van der Waals surface area contributed by atoms with Crippen LogP contribution in [0, 0.1) is 6.92 Å². The first-order valence-corrected chi connectivity index (χ1v) is 10.00. The monoisotopic (exact) mass is 383 g/mol. The summed E-state index contributed by atoms with van der Waals surface area (Å²) in [5.74, 6) is 1.69. The summed E-state index contributed by atoms with van der Waals surface area (Å²) in [5.41, 5.74) is 3.83. The Hall–Kier alpha value is -2.53. The summed E-state index contributed by atoms with van der Waals surface area (Å²) in [4.78, 5) is 4.73. The third-order valence-corrected chi connectivity index (χ3v) is 4.49. The number of hydrogen-bond acceptors (Lipinski definition) is 3. The fraction of sp³-hybridized carbons (Fsp3) is 0.435. The van der Waals surface area contributed by atoms with Gasteiger partial charge in [-0.2, -0.15) is 0 Å². The second-order valence-corrected chi connectivity index (χ2v) is 6.59. The largest absolute Gasteiger partial charge is 0.497 e. The minimum absolute atomic E-state index is 0.620. The van der Waals surface area contributed by atoms with Gasteiger partial charge in [-0.1, -0.05) is 36.4 Å². The van der Waals surface area contributed by atoms with E-state index in [2.05, 4.69) is 41.8 Å². The van der Waals surface area contributed by atoms with Gasteiger partial charge in [0.15, 0.2) is 5.96 Å². The highest BCUT2D eigenvalue weighted by molar-refractivity contribution is 5.79. The highest BCUT2D eigenvalue weighted by atomic mass is 16.5. The Labute approximate surface area is 169 Å². The van der Waals surface area contributed by atoms with Crippen LogP contribution in [0.15, 0.2) is 53.5 Å². The number of rotatable bonds is 11. The fourth-order valence-corrected chi connectivity index (χ4v) is 2.81. The van der Waals surface area contributed by atoms with E-state index in [-0.39, 0.29) is 0 Å². The summed E-state index contributed by atoms with van der Waals surface area (Å²) in [6.45, 7) is 7.98. The van der Waals surface area contributed by atoms with Crippen molar-refractivity contribution < 1.29 is 9.47 Å². The molecule has 0 bridgehead atoms. The maximum atomic E-state index is 5.41. The van der Waals surface area contributed by atoms with Gasteiger partial charge in [-0.15, -0.1) is 0 Å². The van der Waals surface area contributed by atoms with Gasteiger partial charge in [0.05, 0.1) is 13.7 Å². The van der Waals surface area contributed by atoms with Gasteiger partial charge >= 0.3 is 0 Å². The maximum Gasteiger partial charge on any atom is 0.191 e. The Kier molecular flexibility index (Phi) is 9.94. The van der Waals surface area contributed by atoms with Crippen LogP contribution in [0.3, 0.4) is 0 Å². The number of nitrogens with one attached hydrogen (secondary N) is 2. The molecule has 5 heteroatoms. The van der Waals surface area contributed by atoms with E-state index in [0.29, 0.717) is 6.54 Å². The van der Waals surface area contributed by atoms with Crippen LogP contribution in [-0.2, 0) is 17.7 Å². The summed E-state index contributed by atoms with van der Waals surface area (Å²) in [6.07, 6.45) is 1.92. The standard InChI is InChI=1S/C23H33N3O2/c1-4-28-17-7-15-24-23(25-16-14-21-9-6-5-8-19(21)2)26-18-20-10-12-22(27-3)13-11-20/h5-6,8-13H,4,7,14-18H2,1-3H3,(H2,24,25,26). The second-order valence-electron chi connectivity index (χ2n) is 6.59. The molecule has 0 aromatic heterocycles. The third-order valence-electron chi connectivity index (χ3n) is 4.49. The molecule has 0 aliphatic heterocycles. The predicted octanol–water partition coefficient (Wildman–Crippen LogP) is 3.71. The van der Waals surface area contributed by atoms with Crippen LogP contribution in [0.1, 0.15) is 30.0 Å². The number of methoxy groups -OCH3 is 1. The van der Waals surface area contributed by atoms with Crippen LogP contribution in [0.4, 0.5) is 0 Å². The smallest absolute Gasteiger partial charge is 0.191 e. The van der Waals surface area contributed by atoms with Crippen LogP contribution in [0.25, 0.3) is 0 Å². The van der Waals surface area contributed by atoms with Crippen molar-refractivity contribution in [2.75, 3.05) is 33.4 Å². The van der Waals surface area contributed by atoms with Crippen LogP contribution in [0.2, 0.25) is 0 Å². The molecule has 0 saturated heterocycles. The topological polar surface area (TPSA) is 54.9 Å². The SMILES string of the molecule is CCOCCCNC(=NCc1ccc(OC)cc1)NCCc1ccccc1C. The average molecular weight is 384 g/mol. The molecule has 0 unspecified atom stereocenters. The first-order chi connectivity index (χ1) is 13.7. The Morgan fingerprint density at radius 3 is 2.46 bits per heavy atom. The molecule has 0 amide bonds. The summed E-state index contributed by atoms with van der Waals surface area (Å²) in [5, 5.41) is 6.86. The van der Waals surface area contributed by atoms with Gasteiger partial charge in [0.25, 0.3) is 0 Å². The molecule has 2 aromatic carbocycles. The van der Waals surface area contributed by atoms with Crippen molar-refractivity contribution in [3.63, 3.8) is 0 Å². The molecule has 0 radical (unpaired) electrons. The second kappa shape index (κ2) is 12.8. The normalized spacial score (nSPS) is 11.3. The lowest BCUT2D eigenvalue weighted by Crippen LogP contribution is -2.39. The zero-order valence-corrected chi connectivity index (χ0v) is 17.3. The first kappa shape index (κ1) is 21.8. The van der Waals surface area contributed by atoms with E-state index in [9.17, 15) is 0 Å². The Bertz CT molecular complexity index is 714. The zero-order chi connectivity index (χ0) is 20.0. The number of ether oxygens (including phenoxy) is 2. The van der Waals surface area contributed by atoms with Crippen LogP contribution in [0.5, 0.6) is 5.75 Å². The molecule has 0 spiro atoms. The summed E-state index contributed by atoms with van der Waals surface area (Å²) >= 11 is 0. The Morgan fingerprint density at radius 2 is 1.75 bits per heavy atom. The van der Waals surface area contributed by atoms with E-state index >= 15 is 0 Å². The Balaban J connectivity index is 1.89. The van der Waals surface area contributed by atoms with Crippen molar-refractivity contribution in [1.29, 1.82) is 0 Å². The van der Waals surface area contributed by atoms with Crippen molar-refractivity contribution in [2.24, 2.45) is 4.99 Å². The highest BCUT2D eigenvalue weighted by Gasteiger charge is 2.02. The quantitative estimate of drug-likeness (QED) is 0.353. The number of hydrogen-bond donors (Lipinski definition) is 2. The minimum Gasteiger partial charge on any atom is -0.497 e. The van der Waals surface area contributed by atoms with E-state index in [0.717, 1.165) is 56.4 Å². The van der Waals surface area contributed by atoms with Gasteiger partial charge in [-0.05, 0) is 55.5 Å². The van der Waals surface area contributed by atoms with Gasteiger partial charge in [-0.3, -0.25) is 0 Å². The van der Waals surface area contributed by atoms with E-state index in [4.69, 9.17) is 14.5 Å². The number of aryl methyl sites for hydroxylation is 1. The summed E-state index contributed by atoms with van der Waals surface area (Å²) in [7, 11) is 1.68. The molecule has 0 atom stereocenters. The molecule has 152 valence electrons. The lowest BCUT2D eigenvalue weighted by Gasteiger charge is -2.13. The van der Waals surface area contributed by atoms with Gasteiger partial charge in [0.1, 0.15) is 5.75 Å². The van der Waals surface area contributed by atoms with Gasteiger partial charge in [0.2, 0.25) is 0 Å². The van der Waals surface area contributed by atoms with E-state index in [1.54, 1.807) is 7.11 Å². The fourth-order valence-electron chi connectivity index (χ4n) is 2.81. The Morgan fingerprint density at radius 1 is 1.00 bits per heavy atom. The molecule has 5 nitrogen and oxygen atoms in total. The lowest BCUT2D eigenvalue weighted by molar-refractivity contribution is 0.145. The molecule has 0 aliphatic rings. The molecule has 2 aromatic rings. The minimum atomic E-state index is 0.620. The van der Waals surface area contributed by atoms with Gasteiger partial charge < -0.3 is 20.1 Å². The van der Waals surface area contributed by atoms with Crippen LogP contribution >= 0.6 is 0 Å². The van der Waals surface area contributed by atoms with Gasteiger partial charge in [-0.25, -0.2) is 4.99 Å². The van der Waals surface area contributed by atoms with Crippen molar-refractivity contribution in [3.05, 3.63) is 65.2 Å². The molecule has 0 saturated carbocycles. The first-order valence-electron chi connectivity index (χ1n) is 10.00. The molecular weight excluding hydrogens is 350 g/mol. The van der Waals surface area contributed by atoms with Crippen molar-refractivity contribution in [2.45, 2.75) is 33.2 Å². The number of benzene rings is 2. The van der Waals surface area contributed by atoms with Gasteiger partial charge in [0, 0.05) is 26.3 Å². The third kappa shape index (κ3) is 8.01. The van der Waals surface area contributed by atoms with Crippen LogP contribution in [-0.4, -0.2) is 39.4 Å². The highest BCUT2D eigenvalue weighted by Crippen LogP contribution is 2.12. The molecule has 0 heterocycles.